The maximum Gasteiger partial charge on any atom is 0.253 e. The van der Waals surface area contributed by atoms with Crippen LogP contribution in [0.15, 0.2) is 66.1 Å². The minimum atomic E-state index is -0.221. The van der Waals surface area contributed by atoms with Crippen molar-refractivity contribution in [1.82, 2.24) is 20.1 Å². The summed E-state index contributed by atoms with van der Waals surface area (Å²) in [5.74, 6) is 0.0693. The van der Waals surface area contributed by atoms with Crippen molar-refractivity contribution in [2.45, 2.75) is 19.0 Å². The van der Waals surface area contributed by atoms with Crippen LogP contribution in [0.2, 0.25) is 0 Å². The lowest BCUT2D eigenvalue weighted by Gasteiger charge is -2.12. The van der Waals surface area contributed by atoms with Gasteiger partial charge in [0.15, 0.2) is 5.16 Å². The van der Waals surface area contributed by atoms with Gasteiger partial charge in [0.1, 0.15) is 6.33 Å². The molecule has 0 aliphatic heterocycles. The highest BCUT2D eigenvalue weighted by atomic mass is 32.2. The second-order valence-electron chi connectivity index (χ2n) is 6.81. The molecule has 1 heterocycles. The highest BCUT2D eigenvalue weighted by molar-refractivity contribution is 7.99. The van der Waals surface area contributed by atoms with Crippen molar-refractivity contribution in [1.29, 1.82) is 0 Å². The molecule has 1 aromatic heterocycles. The van der Waals surface area contributed by atoms with Crippen molar-refractivity contribution in [2.75, 3.05) is 17.6 Å². The van der Waals surface area contributed by atoms with Crippen LogP contribution in [0.5, 0.6) is 0 Å². The molecule has 0 aliphatic rings. The average Bonchev–Trinajstić information content (AvgIpc) is 3.20. The normalized spacial score (nSPS) is 10.7. The molecule has 0 unspecified atom stereocenters. The molecule has 29 heavy (non-hydrogen) atoms. The number of nitrogens with one attached hydrogen (secondary N) is 2. The van der Waals surface area contributed by atoms with Crippen LogP contribution in [-0.2, 0) is 4.79 Å². The number of rotatable bonds is 8. The second-order valence-corrected chi connectivity index (χ2v) is 7.75. The third-order valence-corrected chi connectivity index (χ3v) is 4.94. The second kappa shape index (κ2) is 9.88. The van der Waals surface area contributed by atoms with E-state index >= 15 is 0 Å². The molecule has 0 bridgehead atoms. The van der Waals surface area contributed by atoms with E-state index < -0.39 is 0 Å². The van der Waals surface area contributed by atoms with Gasteiger partial charge in [0.2, 0.25) is 5.91 Å². The molecule has 0 aliphatic carbocycles. The number of hydrogen-bond donors (Lipinski definition) is 2. The van der Waals surface area contributed by atoms with E-state index in [4.69, 9.17) is 0 Å². The van der Waals surface area contributed by atoms with E-state index in [2.05, 4.69) is 20.8 Å². The van der Waals surface area contributed by atoms with Gasteiger partial charge in [-0.3, -0.25) is 14.2 Å². The molecule has 0 saturated heterocycles. The predicted octanol–water partition coefficient (Wildman–Crippen LogP) is 3.38. The molecule has 0 saturated carbocycles. The molecule has 8 heteroatoms. The zero-order valence-electron chi connectivity index (χ0n) is 16.3. The number of amides is 2. The summed E-state index contributed by atoms with van der Waals surface area (Å²) in [4.78, 5) is 24.9. The van der Waals surface area contributed by atoms with Crippen molar-refractivity contribution in [2.24, 2.45) is 5.92 Å². The summed E-state index contributed by atoms with van der Waals surface area (Å²) >= 11 is 1.28. The third kappa shape index (κ3) is 5.68. The van der Waals surface area contributed by atoms with Gasteiger partial charge in [0, 0.05) is 12.2 Å². The fraction of sp³-hybridized carbons (Fsp3) is 0.238. The SMILES string of the molecule is CC(C)CNC(=O)c1ccccc1NC(=O)CSc1nncn1-c1ccccc1. The standard InChI is InChI=1S/C21H23N5O2S/c1-15(2)12-22-20(28)17-10-6-7-11-18(17)24-19(27)13-29-21-25-23-14-26(21)16-8-4-3-5-9-16/h3-11,14-15H,12-13H2,1-2H3,(H,22,28)(H,24,27). The van der Waals surface area contributed by atoms with Gasteiger partial charge in [-0.05, 0) is 30.2 Å². The molecule has 0 spiro atoms. The topological polar surface area (TPSA) is 88.9 Å². The Bertz CT molecular complexity index is 972. The first-order valence-electron chi connectivity index (χ1n) is 9.30. The summed E-state index contributed by atoms with van der Waals surface area (Å²) in [6.45, 7) is 4.63. The molecule has 150 valence electrons. The lowest BCUT2D eigenvalue weighted by Crippen LogP contribution is -2.28. The van der Waals surface area contributed by atoms with Crippen LogP contribution in [0.1, 0.15) is 24.2 Å². The van der Waals surface area contributed by atoms with E-state index in [-0.39, 0.29) is 17.6 Å². The number of hydrogen-bond acceptors (Lipinski definition) is 5. The summed E-state index contributed by atoms with van der Waals surface area (Å²) < 4.78 is 1.82. The van der Waals surface area contributed by atoms with E-state index in [0.717, 1.165) is 5.69 Å². The van der Waals surface area contributed by atoms with Crippen molar-refractivity contribution < 1.29 is 9.59 Å². The minimum absolute atomic E-state index is 0.146. The number of aromatic nitrogens is 3. The van der Waals surface area contributed by atoms with E-state index in [0.29, 0.717) is 28.9 Å². The zero-order valence-corrected chi connectivity index (χ0v) is 17.1. The van der Waals surface area contributed by atoms with Gasteiger partial charge in [-0.1, -0.05) is 55.9 Å². The van der Waals surface area contributed by atoms with Gasteiger partial charge in [-0.2, -0.15) is 0 Å². The quantitative estimate of drug-likeness (QED) is 0.557. The molecule has 7 nitrogen and oxygen atoms in total. The largest absolute Gasteiger partial charge is 0.352 e. The number of carbonyl (C=O) groups excluding carboxylic acids is 2. The zero-order chi connectivity index (χ0) is 20.6. The fourth-order valence-corrected chi connectivity index (χ4v) is 3.32. The average molecular weight is 410 g/mol. The Balaban J connectivity index is 1.63. The van der Waals surface area contributed by atoms with E-state index in [1.54, 1.807) is 30.6 Å². The lowest BCUT2D eigenvalue weighted by molar-refractivity contribution is -0.113. The smallest absolute Gasteiger partial charge is 0.253 e. The van der Waals surface area contributed by atoms with Crippen LogP contribution >= 0.6 is 11.8 Å². The molecule has 0 atom stereocenters. The van der Waals surface area contributed by atoms with Crippen molar-refractivity contribution in [3.8, 4) is 5.69 Å². The van der Waals surface area contributed by atoms with Gasteiger partial charge >= 0.3 is 0 Å². The third-order valence-electron chi connectivity index (χ3n) is 4.00. The molecule has 3 aromatic rings. The maximum absolute atomic E-state index is 12.5. The number of anilines is 1. The molecule has 2 N–H and O–H groups in total. The van der Waals surface area contributed by atoms with Crippen LogP contribution in [0.4, 0.5) is 5.69 Å². The summed E-state index contributed by atoms with van der Waals surface area (Å²) in [6, 6.07) is 16.7. The number of nitrogens with zero attached hydrogens (tertiary/aromatic N) is 3. The summed E-state index contributed by atoms with van der Waals surface area (Å²) in [7, 11) is 0. The van der Waals surface area contributed by atoms with Crippen molar-refractivity contribution in [3.63, 3.8) is 0 Å². The molecule has 2 aromatic carbocycles. The van der Waals surface area contributed by atoms with E-state index in [1.165, 1.54) is 11.8 Å². The van der Waals surface area contributed by atoms with Gasteiger partial charge in [-0.25, -0.2) is 0 Å². The molecule has 0 radical (unpaired) electrons. The van der Waals surface area contributed by atoms with Gasteiger partial charge in [-0.15, -0.1) is 10.2 Å². The maximum atomic E-state index is 12.5. The molecular weight excluding hydrogens is 386 g/mol. The first-order valence-corrected chi connectivity index (χ1v) is 10.3. The summed E-state index contributed by atoms with van der Waals surface area (Å²) in [6.07, 6.45) is 1.62. The van der Waals surface area contributed by atoms with Gasteiger partial charge in [0.25, 0.3) is 5.91 Å². The Morgan fingerprint density at radius 2 is 1.79 bits per heavy atom. The van der Waals surface area contributed by atoms with Gasteiger partial charge in [0.05, 0.1) is 17.0 Å². The molecule has 3 rings (SSSR count). The first kappa shape index (κ1) is 20.6. The first-order chi connectivity index (χ1) is 14.0. The number of benzene rings is 2. The fourth-order valence-electron chi connectivity index (χ4n) is 2.59. The summed E-state index contributed by atoms with van der Waals surface area (Å²) in [5, 5.41) is 14.3. The van der Waals surface area contributed by atoms with Crippen LogP contribution in [0, 0.1) is 5.92 Å². The number of carbonyl (C=O) groups is 2. The Morgan fingerprint density at radius 1 is 1.07 bits per heavy atom. The van der Waals surface area contributed by atoms with Crippen molar-refractivity contribution >= 4 is 29.3 Å². The van der Waals surface area contributed by atoms with Crippen LogP contribution in [-0.4, -0.2) is 38.9 Å². The van der Waals surface area contributed by atoms with E-state index in [1.807, 2.05) is 48.7 Å². The number of para-hydroxylation sites is 2. The monoisotopic (exact) mass is 409 g/mol. The highest BCUT2D eigenvalue weighted by Gasteiger charge is 2.15. The van der Waals surface area contributed by atoms with Crippen LogP contribution < -0.4 is 10.6 Å². The lowest BCUT2D eigenvalue weighted by atomic mass is 10.1. The van der Waals surface area contributed by atoms with Crippen LogP contribution in [0.25, 0.3) is 5.69 Å². The minimum Gasteiger partial charge on any atom is -0.352 e. The Morgan fingerprint density at radius 3 is 2.55 bits per heavy atom. The molecular formula is C21H23N5O2S. The van der Waals surface area contributed by atoms with Crippen molar-refractivity contribution in [3.05, 3.63) is 66.5 Å². The highest BCUT2D eigenvalue weighted by Crippen LogP contribution is 2.20. The number of thioether (sulfide) groups is 1. The molecule has 2 amide bonds. The molecule has 0 fully saturated rings. The Kier molecular flexibility index (Phi) is 7.02. The Labute approximate surface area is 173 Å². The predicted molar refractivity (Wildman–Crippen MR) is 114 cm³/mol. The van der Waals surface area contributed by atoms with Crippen LogP contribution in [0.3, 0.4) is 0 Å². The Hall–Kier alpha value is -3.13. The summed E-state index contributed by atoms with van der Waals surface area (Å²) in [5.41, 5.74) is 1.86. The van der Waals surface area contributed by atoms with E-state index in [9.17, 15) is 9.59 Å². The van der Waals surface area contributed by atoms with Gasteiger partial charge < -0.3 is 10.6 Å².